The van der Waals surface area contributed by atoms with E-state index in [1.807, 2.05) is 36.4 Å². The molecule has 0 aliphatic carbocycles. The lowest BCUT2D eigenvalue weighted by molar-refractivity contribution is -0.141. The molecule has 0 amide bonds. The van der Waals surface area contributed by atoms with Crippen LogP contribution in [0.15, 0.2) is 47.4 Å². The minimum Gasteiger partial charge on any atom is -0.481 e. The molecule has 0 aliphatic rings. The summed E-state index contributed by atoms with van der Waals surface area (Å²) in [6, 6.07) is 12.7. The van der Waals surface area contributed by atoms with Gasteiger partial charge in [0, 0.05) is 11.8 Å². The molecule has 1 unspecified atom stereocenters. The summed E-state index contributed by atoms with van der Waals surface area (Å²) in [7, 11) is -3.48. The van der Waals surface area contributed by atoms with Crippen molar-refractivity contribution in [3.8, 4) is 11.1 Å². The Morgan fingerprint density at radius 3 is 2.38 bits per heavy atom. The Labute approximate surface area is 142 Å². The molecule has 0 spiro atoms. The van der Waals surface area contributed by atoms with Crippen LogP contribution in [0.25, 0.3) is 11.1 Å². The molecule has 0 radical (unpaired) electrons. The summed E-state index contributed by atoms with van der Waals surface area (Å²) >= 11 is 0. The van der Waals surface area contributed by atoms with Gasteiger partial charge in [0.1, 0.15) is 0 Å². The first kappa shape index (κ1) is 18.0. The van der Waals surface area contributed by atoms with Crippen LogP contribution in [0.1, 0.15) is 18.9 Å². The van der Waals surface area contributed by atoms with Crippen LogP contribution in [0.4, 0.5) is 5.69 Å². The van der Waals surface area contributed by atoms with Gasteiger partial charge in [-0.05, 0) is 36.1 Å². The highest BCUT2D eigenvalue weighted by atomic mass is 32.2. The second-order valence-electron chi connectivity index (χ2n) is 5.97. The third kappa shape index (κ3) is 4.14. The summed E-state index contributed by atoms with van der Waals surface area (Å²) in [5.41, 5.74) is 8.56. The first-order valence-corrected chi connectivity index (χ1v) is 9.50. The fraction of sp³-hybridized carbons (Fsp3) is 0.278. The van der Waals surface area contributed by atoms with Gasteiger partial charge >= 0.3 is 5.97 Å². The van der Waals surface area contributed by atoms with Crippen molar-refractivity contribution < 1.29 is 18.3 Å². The summed E-state index contributed by atoms with van der Waals surface area (Å²) in [5, 5.41) is 9.00. The minimum atomic E-state index is -3.48. The number of aliphatic carboxylic acids is 1. The summed E-state index contributed by atoms with van der Waals surface area (Å²) in [4.78, 5) is 11.1. The van der Waals surface area contributed by atoms with Gasteiger partial charge in [-0.2, -0.15) is 0 Å². The first-order valence-electron chi connectivity index (χ1n) is 7.61. The van der Waals surface area contributed by atoms with Gasteiger partial charge < -0.3 is 10.8 Å². The van der Waals surface area contributed by atoms with Crippen molar-refractivity contribution in [1.29, 1.82) is 0 Å². The number of benzene rings is 2. The number of nitrogens with two attached hydrogens (primary N) is 1. The molecule has 2 aromatic carbocycles. The van der Waals surface area contributed by atoms with E-state index in [2.05, 4.69) is 0 Å². The van der Waals surface area contributed by atoms with Crippen LogP contribution in [0.5, 0.6) is 0 Å². The fourth-order valence-corrected chi connectivity index (χ4v) is 3.37. The third-order valence-corrected chi connectivity index (χ3v) is 5.11. The van der Waals surface area contributed by atoms with Crippen molar-refractivity contribution in [2.45, 2.75) is 24.7 Å². The molecule has 2 rings (SSSR count). The van der Waals surface area contributed by atoms with Gasteiger partial charge in [-0.3, -0.25) is 4.79 Å². The lowest BCUT2D eigenvalue weighted by Gasteiger charge is -2.14. The summed E-state index contributed by atoms with van der Waals surface area (Å²) in [5.74, 6) is -1.36. The molecule has 2 aromatic rings. The van der Waals surface area contributed by atoms with E-state index in [0.717, 1.165) is 17.4 Å². The van der Waals surface area contributed by atoms with E-state index in [-0.39, 0.29) is 10.6 Å². The van der Waals surface area contributed by atoms with E-state index in [1.54, 1.807) is 13.0 Å². The molecule has 24 heavy (non-hydrogen) atoms. The van der Waals surface area contributed by atoms with Gasteiger partial charge in [0.05, 0.1) is 16.5 Å². The molecule has 0 bridgehead atoms. The van der Waals surface area contributed by atoms with Crippen molar-refractivity contribution in [2.24, 2.45) is 5.92 Å². The second kappa shape index (κ2) is 7.05. The van der Waals surface area contributed by atoms with Gasteiger partial charge in [0.15, 0.2) is 9.84 Å². The maximum Gasteiger partial charge on any atom is 0.306 e. The maximum atomic E-state index is 12.1. The molecule has 5 nitrogen and oxygen atoms in total. The Morgan fingerprint density at radius 1 is 1.21 bits per heavy atom. The van der Waals surface area contributed by atoms with Crippen LogP contribution in [-0.2, 0) is 21.1 Å². The molecule has 0 saturated carbocycles. The van der Waals surface area contributed by atoms with Crippen LogP contribution in [-0.4, -0.2) is 25.7 Å². The number of aryl methyl sites for hydroxylation is 1. The van der Waals surface area contributed by atoms with Crippen molar-refractivity contribution in [2.75, 3.05) is 12.0 Å². The van der Waals surface area contributed by atoms with E-state index in [9.17, 15) is 13.2 Å². The van der Waals surface area contributed by atoms with Gasteiger partial charge in [-0.15, -0.1) is 0 Å². The smallest absolute Gasteiger partial charge is 0.306 e. The van der Waals surface area contributed by atoms with Crippen LogP contribution in [0, 0.1) is 5.92 Å². The molecule has 0 aliphatic heterocycles. The lowest BCUT2D eigenvalue weighted by atomic mass is 9.96. The number of hydrogen-bond acceptors (Lipinski definition) is 4. The molecule has 128 valence electrons. The highest BCUT2D eigenvalue weighted by Crippen LogP contribution is 2.33. The van der Waals surface area contributed by atoms with Crippen LogP contribution < -0.4 is 5.73 Å². The van der Waals surface area contributed by atoms with Crippen LogP contribution in [0.2, 0.25) is 0 Å². The zero-order valence-electron chi connectivity index (χ0n) is 13.7. The first-order chi connectivity index (χ1) is 11.2. The predicted octanol–water partition coefficient (Wildman–Crippen LogP) is 2.99. The zero-order valence-corrected chi connectivity index (χ0v) is 14.5. The van der Waals surface area contributed by atoms with E-state index >= 15 is 0 Å². The second-order valence-corrected chi connectivity index (χ2v) is 7.96. The van der Waals surface area contributed by atoms with Gasteiger partial charge in [-0.1, -0.05) is 37.3 Å². The lowest BCUT2D eigenvalue weighted by Crippen LogP contribution is -2.11. The average molecular weight is 347 g/mol. The number of anilines is 1. The monoisotopic (exact) mass is 347 g/mol. The van der Waals surface area contributed by atoms with Crippen molar-refractivity contribution in [1.82, 2.24) is 0 Å². The summed E-state index contributed by atoms with van der Waals surface area (Å²) < 4.78 is 24.1. The number of carboxylic acid groups (broad SMARTS) is 1. The van der Waals surface area contributed by atoms with Gasteiger partial charge in [0.25, 0.3) is 0 Å². The van der Waals surface area contributed by atoms with Gasteiger partial charge in [0.2, 0.25) is 0 Å². The molecule has 0 heterocycles. The van der Waals surface area contributed by atoms with E-state index in [0.29, 0.717) is 18.4 Å². The Hall–Kier alpha value is -2.34. The fourth-order valence-electron chi connectivity index (χ4n) is 2.50. The predicted molar refractivity (Wildman–Crippen MR) is 94.5 cm³/mol. The number of nitrogen functional groups attached to an aromatic ring is 1. The Balaban J connectivity index is 2.51. The molecule has 1 atom stereocenters. The minimum absolute atomic E-state index is 0.0850. The topological polar surface area (TPSA) is 97.5 Å². The number of carbonyl (C=O) groups is 1. The molecule has 0 aromatic heterocycles. The number of rotatable bonds is 6. The largest absolute Gasteiger partial charge is 0.481 e. The molecule has 6 heteroatoms. The summed E-state index contributed by atoms with van der Waals surface area (Å²) in [6.45, 7) is 1.63. The van der Waals surface area contributed by atoms with Gasteiger partial charge in [-0.25, -0.2) is 8.42 Å². The quantitative estimate of drug-likeness (QED) is 0.783. The highest BCUT2D eigenvalue weighted by molar-refractivity contribution is 7.90. The van der Waals surface area contributed by atoms with E-state index in [4.69, 9.17) is 10.8 Å². The van der Waals surface area contributed by atoms with Crippen molar-refractivity contribution in [3.63, 3.8) is 0 Å². The van der Waals surface area contributed by atoms with E-state index in [1.165, 1.54) is 0 Å². The standard InChI is InChI=1S/C18H21NO4S/c1-12(18(20)21)8-9-13-10-15(14-6-4-3-5-7-14)17(19)16(11-13)24(2,22)23/h3-7,10-12H,8-9,19H2,1-2H3,(H,20,21). The third-order valence-electron chi connectivity index (χ3n) is 3.97. The summed E-state index contributed by atoms with van der Waals surface area (Å²) in [6.07, 6.45) is 2.02. The molecular formula is C18H21NO4S. The SMILES string of the molecule is CC(CCc1cc(-c2ccccc2)c(N)c(S(C)(=O)=O)c1)C(=O)O. The normalized spacial score (nSPS) is 12.8. The Bertz CT molecular complexity index is 845. The van der Waals surface area contributed by atoms with Crippen molar-refractivity contribution in [3.05, 3.63) is 48.0 Å². The van der Waals surface area contributed by atoms with E-state index < -0.39 is 21.7 Å². The van der Waals surface area contributed by atoms with Crippen LogP contribution in [0.3, 0.4) is 0 Å². The molecule has 0 saturated heterocycles. The number of hydrogen-bond donors (Lipinski definition) is 2. The molecule has 0 fully saturated rings. The van der Waals surface area contributed by atoms with Crippen LogP contribution >= 0.6 is 0 Å². The maximum absolute atomic E-state index is 12.1. The number of sulfone groups is 1. The molecule has 3 N–H and O–H groups in total. The number of carboxylic acids is 1. The Morgan fingerprint density at radius 2 is 1.83 bits per heavy atom. The average Bonchev–Trinajstić information content (AvgIpc) is 2.53. The van der Waals surface area contributed by atoms with Crippen molar-refractivity contribution >= 4 is 21.5 Å². The Kier molecular flexibility index (Phi) is 5.29. The zero-order chi connectivity index (χ0) is 17.9. The highest BCUT2D eigenvalue weighted by Gasteiger charge is 2.18. The molecular weight excluding hydrogens is 326 g/mol.